The summed E-state index contributed by atoms with van der Waals surface area (Å²) < 4.78 is 2.22. The minimum atomic E-state index is 0.572. The molecule has 294 valence electrons. The molecule has 0 unspecified atom stereocenters. The van der Waals surface area contributed by atoms with Gasteiger partial charge in [0.2, 0.25) is 0 Å². The van der Waals surface area contributed by atoms with Crippen molar-refractivity contribution in [1.82, 2.24) is 34.9 Å². The molecule has 5 aromatic heterocycles. The molecule has 0 aliphatic carbocycles. The molecule has 0 N–H and O–H groups in total. The van der Waals surface area contributed by atoms with Gasteiger partial charge >= 0.3 is 0 Å². The molecule has 0 aliphatic heterocycles. The minimum absolute atomic E-state index is 0.572. The Labute approximate surface area is 366 Å². The Morgan fingerprint density at radius 3 is 1.37 bits per heavy atom. The molecule has 5 heterocycles. The predicted molar refractivity (Wildman–Crippen MR) is 257 cm³/mol. The molecule has 0 amide bonds. The van der Waals surface area contributed by atoms with E-state index < -0.39 is 0 Å². The van der Waals surface area contributed by atoms with Crippen LogP contribution >= 0.6 is 11.3 Å². The Morgan fingerprint density at radius 2 is 0.778 bits per heavy atom. The number of hydrogen-bond acceptors (Lipinski definition) is 8. The minimum Gasteiger partial charge on any atom is -0.256 e. The summed E-state index contributed by atoms with van der Waals surface area (Å²) in [6.45, 7) is 0. The molecule has 7 aromatic carbocycles. The van der Waals surface area contributed by atoms with E-state index in [4.69, 9.17) is 24.9 Å². The highest BCUT2D eigenvalue weighted by Crippen LogP contribution is 2.40. The Hall–Kier alpha value is -8.33. The Kier molecular flexibility index (Phi) is 8.86. The highest BCUT2D eigenvalue weighted by molar-refractivity contribution is 7.26. The zero-order valence-electron chi connectivity index (χ0n) is 33.6. The van der Waals surface area contributed by atoms with E-state index in [0.717, 1.165) is 71.6 Å². The predicted octanol–water partition coefficient (Wildman–Crippen LogP) is 13.8. The first-order valence-electron chi connectivity index (χ1n) is 20.7. The number of aromatic nitrogens is 7. The van der Waals surface area contributed by atoms with Crippen molar-refractivity contribution in [3.05, 3.63) is 200 Å². The zero-order valence-corrected chi connectivity index (χ0v) is 34.4. The van der Waals surface area contributed by atoms with Gasteiger partial charge in [-0.25, -0.2) is 24.9 Å². The van der Waals surface area contributed by atoms with Crippen molar-refractivity contribution in [3.63, 3.8) is 0 Å². The highest BCUT2D eigenvalue weighted by atomic mass is 32.1. The molecule has 0 saturated heterocycles. The molecule has 12 rings (SSSR count). The van der Waals surface area contributed by atoms with Crippen molar-refractivity contribution in [1.29, 1.82) is 0 Å². The van der Waals surface area contributed by atoms with Gasteiger partial charge in [-0.1, -0.05) is 152 Å². The van der Waals surface area contributed by atoms with Crippen LogP contribution in [0.4, 0.5) is 0 Å². The normalized spacial score (nSPS) is 11.5. The van der Waals surface area contributed by atoms with Crippen molar-refractivity contribution in [3.8, 4) is 79.3 Å². The molecule has 0 saturated carbocycles. The van der Waals surface area contributed by atoms with Crippen LogP contribution in [0, 0.1) is 0 Å². The molecular formula is C55H33N7S. The van der Waals surface area contributed by atoms with E-state index in [1.807, 2.05) is 60.7 Å². The van der Waals surface area contributed by atoms with E-state index in [9.17, 15) is 0 Å². The van der Waals surface area contributed by atoms with Gasteiger partial charge in [0.25, 0.3) is 0 Å². The number of fused-ring (bicyclic) bond motifs is 6. The molecule has 0 bridgehead atoms. The first-order chi connectivity index (χ1) is 31.2. The van der Waals surface area contributed by atoms with Crippen molar-refractivity contribution >= 4 is 53.2 Å². The lowest BCUT2D eigenvalue weighted by Gasteiger charge is -2.11. The van der Waals surface area contributed by atoms with Gasteiger partial charge in [0, 0.05) is 61.4 Å². The molecular weight excluding hydrogens is 791 g/mol. The lowest BCUT2D eigenvalue weighted by Crippen LogP contribution is -2.00. The van der Waals surface area contributed by atoms with Crippen LogP contribution in [-0.2, 0) is 0 Å². The lowest BCUT2D eigenvalue weighted by atomic mass is 9.99. The van der Waals surface area contributed by atoms with Crippen LogP contribution in [0.5, 0.6) is 0 Å². The first-order valence-corrected chi connectivity index (χ1v) is 21.5. The average Bonchev–Trinajstić information content (AvgIpc) is 3.75. The van der Waals surface area contributed by atoms with Crippen LogP contribution in [0.2, 0.25) is 0 Å². The summed E-state index contributed by atoms with van der Waals surface area (Å²) in [5, 5.41) is 5.90. The standard InChI is InChI=1S/C55H33N7S/c1-2-10-43-34(9-1)15-16-35-17-30-42(33-45(35)43)55-58-49(51-50(59-55)44-11-3-4-14-48(44)63-51)38-22-28-41(29-23-38)54-61-52(39-24-18-36(19-25-39)46-12-5-7-31-56-46)60-53(62-54)40-26-20-37(21-27-40)47-13-6-8-32-57-47/h1-33H. The number of rotatable bonds is 7. The maximum absolute atomic E-state index is 5.34. The Morgan fingerprint density at radius 1 is 0.317 bits per heavy atom. The van der Waals surface area contributed by atoms with E-state index in [1.54, 1.807) is 23.7 Å². The first kappa shape index (κ1) is 36.5. The second-order valence-corrected chi connectivity index (χ2v) is 16.4. The third kappa shape index (κ3) is 6.75. The highest BCUT2D eigenvalue weighted by Gasteiger charge is 2.19. The van der Waals surface area contributed by atoms with Gasteiger partial charge < -0.3 is 0 Å². The van der Waals surface area contributed by atoms with E-state index in [2.05, 4.69) is 137 Å². The van der Waals surface area contributed by atoms with Crippen molar-refractivity contribution < 1.29 is 0 Å². The molecule has 0 radical (unpaired) electrons. The number of benzene rings is 7. The third-order valence-electron chi connectivity index (χ3n) is 11.5. The number of pyridine rings is 2. The van der Waals surface area contributed by atoms with Gasteiger partial charge in [0.15, 0.2) is 23.3 Å². The summed E-state index contributed by atoms with van der Waals surface area (Å²) in [5.74, 6) is 2.42. The second kappa shape index (κ2) is 15.3. The van der Waals surface area contributed by atoms with E-state index in [0.29, 0.717) is 23.3 Å². The summed E-state index contributed by atoms with van der Waals surface area (Å²) in [7, 11) is 0. The molecule has 7 nitrogen and oxygen atoms in total. The average molecular weight is 824 g/mol. The fourth-order valence-corrected chi connectivity index (χ4v) is 9.40. The molecule has 0 spiro atoms. The summed E-state index contributed by atoms with van der Waals surface area (Å²) in [6, 6.07) is 64.5. The largest absolute Gasteiger partial charge is 0.256 e. The van der Waals surface area contributed by atoms with Crippen LogP contribution in [0.1, 0.15) is 0 Å². The number of hydrogen-bond donors (Lipinski definition) is 0. The van der Waals surface area contributed by atoms with E-state index in [-0.39, 0.29) is 0 Å². The van der Waals surface area contributed by atoms with Gasteiger partial charge in [-0.3, -0.25) is 9.97 Å². The topological polar surface area (TPSA) is 90.2 Å². The maximum Gasteiger partial charge on any atom is 0.164 e. The summed E-state index contributed by atoms with van der Waals surface area (Å²) in [6.07, 6.45) is 3.61. The third-order valence-corrected chi connectivity index (χ3v) is 12.7. The molecule has 63 heavy (non-hydrogen) atoms. The quantitative estimate of drug-likeness (QED) is 0.148. The smallest absolute Gasteiger partial charge is 0.164 e. The summed E-state index contributed by atoms with van der Waals surface area (Å²) in [4.78, 5) is 34.8. The van der Waals surface area contributed by atoms with Crippen molar-refractivity contribution in [2.45, 2.75) is 0 Å². The Balaban J connectivity index is 0.966. The summed E-state index contributed by atoms with van der Waals surface area (Å²) >= 11 is 1.72. The van der Waals surface area contributed by atoms with Gasteiger partial charge in [-0.2, -0.15) is 0 Å². The van der Waals surface area contributed by atoms with E-state index >= 15 is 0 Å². The molecule has 8 heteroatoms. The zero-order chi connectivity index (χ0) is 41.7. The lowest BCUT2D eigenvalue weighted by molar-refractivity contribution is 1.07. The van der Waals surface area contributed by atoms with Crippen LogP contribution in [0.15, 0.2) is 200 Å². The fraction of sp³-hybridized carbons (Fsp3) is 0. The maximum atomic E-state index is 5.34. The molecule has 0 atom stereocenters. The van der Waals surface area contributed by atoms with E-state index in [1.165, 1.54) is 26.2 Å². The van der Waals surface area contributed by atoms with Crippen LogP contribution in [0.3, 0.4) is 0 Å². The van der Waals surface area contributed by atoms with Crippen LogP contribution in [0.25, 0.3) is 121 Å². The van der Waals surface area contributed by atoms with Crippen molar-refractivity contribution in [2.75, 3.05) is 0 Å². The molecule has 12 aromatic rings. The second-order valence-electron chi connectivity index (χ2n) is 15.4. The fourth-order valence-electron chi connectivity index (χ4n) is 8.24. The van der Waals surface area contributed by atoms with Gasteiger partial charge in [0.1, 0.15) is 0 Å². The van der Waals surface area contributed by atoms with Crippen LogP contribution < -0.4 is 0 Å². The van der Waals surface area contributed by atoms with Gasteiger partial charge in [0.05, 0.1) is 27.3 Å². The van der Waals surface area contributed by atoms with Gasteiger partial charge in [-0.05, 0) is 57.9 Å². The molecule has 0 fully saturated rings. The summed E-state index contributed by atoms with van der Waals surface area (Å²) in [5.41, 5.74) is 10.3. The van der Waals surface area contributed by atoms with Gasteiger partial charge in [-0.15, -0.1) is 11.3 Å². The number of nitrogens with zero attached hydrogens (tertiary/aromatic N) is 7. The van der Waals surface area contributed by atoms with Crippen molar-refractivity contribution in [2.24, 2.45) is 0 Å². The monoisotopic (exact) mass is 823 g/mol. The number of thiophene rings is 1. The molecule has 0 aliphatic rings. The Bertz CT molecular complexity index is 3550. The van der Waals surface area contributed by atoms with Crippen LogP contribution in [-0.4, -0.2) is 34.9 Å². The SMILES string of the molecule is c1ccc(-c2ccc(-c3nc(-c4ccc(-c5ccccn5)cc4)nc(-c4ccc(-c5nc(-c6ccc7ccc8ccccc8c7c6)nc6c5sc5ccccc56)cc4)n3)cc2)nc1.